The number of nitrogen functional groups attached to an aromatic ring is 1. The summed E-state index contributed by atoms with van der Waals surface area (Å²) in [6.07, 6.45) is 6.54. The second-order valence-electron chi connectivity index (χ2n) is 5.25. The largest absolute Gasteiger partial charge is 0.321 e. The van der Waals surface area contributed by atoms with Gasteiger partial charge in [0.15, 0.2) is 5.03 Å². The second kappa shape index (κ2) is 6.51. The van der Waals surface area contributed by atoms with Crippen LogP contribution in [0.5, 0.6) is 0 Å². The molecule has 1 aliphatic rings. The molecule has 1 heterocycles. The molecule has 0 bridgehead atoms. The molecule has 0 unspecified atom stereocenters. The van der Waals surface area contributed by atoms with E-state index < -0.39 is 10.0 Å². The summed E-state index contributed by atoms with van der Waals surface area (Å²) in [5.74, 6) is 6.06. The fourth-order valence-corrected chi connectivity index (χ4v) is 4.08. The molecule has 1 aromatic heterocycles. The third-order valence-electron chi connectivity index (χ3n) is 3.93. The van der Waals surface area contributed by atoms with Gasteiger partial charge in [0.05, 0.1) is 5.69 Å². The summed E-state index contributed by atoms with van der Waals surface area (Å²) in [5.41, 5.74) is 2.68. The van der Waals surface area contributed by atoms with E-state index in [2.05, 4.69) is 22.1 Å². The molecular weight excluding hydrogens is 276 g/mol. The molecule has 0 radical (unpaired) electrons. The number of nitrogens with two attached hydrogens (primary N) is 1. The van der Waals surface area contributed by atoms with Crippen molar-refractivity contribution in [3.63, 3.8) is 0 Å². The molecule has 1 aromatic rings. The van der Waals surface area contributed by atoms with Crippen LogP contribution < -0.4 is 16.0 Å². The summed E-state index contributed by atoms with van der Waals surface area (Å²) in [7, 11) is -3.63. The van der Waals surface area contributed by atoms with Gasteiger partial charge in [0.1, 0.15) is 0 Å². The number of rotatable bonds is 5. The van der Waals surface area contributed by atoms with Crippen LogP contribution in [0, 0.1) is 5.92 Å². The van der Waals surface area contributed by atoms with Crippen LogP contribution in [0.3, 0.4) is 0 Å². The molecule has 0 spiro atoms. The summed E-state index contributed by atoms with van der Waals surface area (Å²) in [5, 5.41) is -0.0416. The second-order valence-corrected chi connectivity index (χ2v) is 6.88. The van der Waals surface area contributed by atoms with Crippen molar-refractivity contribution in [2.75, 3.05) is 5.43 Å². The highest BCUT2D eigenvalue weighted by molar-refractivity contribution is 7.89. The maximum absolute atomic E-state index is 12.4. The minimum absolute atomic E-state index is 0.00423. The molecule has 1 saturated carbocycles. The van der Waals surface area contributed by atoms with Crippen LogP contribution >= 0.6 is 0 Å². The van der Waals surface area contributed by atoms with Crippen LogP contribution in [0.1, 0.15) is 39.0 Å². The predicted octanol–water partition coefficient (Wildman–Crippen LogP) is 1.61. The molecule has 0 aromatic carbocycles. The number of hydrogen-bond donors (Lipinski definition) is 3. The van der Waals surface area contributed by atoms with E-state index in [0.29, 0.717) is 5.69 Å². The van der Waals surface area contributed by atoms with Crippen molar-refractivity contribution in [2.24, 2.45) is 11.8 Å². The van der Waals surface area contributed by atoms with Crippen LogP contribution in [-0.4, -0.2) is 19.4 Å². The maximum Gasteiger partial charge on any atom is 0.260 e. The number of pyridine rings is 1. The van der Waals surface area contributed by atoms with E-state index in [-0.39, 0.29) is 11.1 Å². The Bertz CT molecular complexity index is 539. The van der Waals surface area contributed by atoms with Gasteiger partial charge in [0.25, 0.3) is 10.0 Å². The monoisotopic (exact) mass is 298 g/mol. The van der Waals surface area contributed by atoms with Crippen LogP contribution in [-0.2, 0) is 10.0 Å². The topological polar surface area (TPSA) is 97.1 Å². The standard InChI is InChI=1S/C13H22N4O2S/c1-2-10-5-7-11(8-6-10)17-20(18,19)13-12(16-14)4-3-9-15-13/h3-4,9-11,16-17H,2,5-8,14H2,1H3. The molecule has 0 aliphatic heterocycles. The van der Waals surface area contributed by atoms with Gasteiger partial charge in [-0.25, -0.2) is 18.1 Å². The summed E-state index contributed by atoms with van der Waals surface area (Å²) >= 11 is 0. The lowest BCUT2D eigenvalue weighted by Crippen LogP contribution is -2.38. The average Bonchev–Trinajstić information content (AvgIpc) is 2.47. The molecule has 0 saturated heterocycles. The van der Waals surface area contributed by atoms with Gasteiger partial charge in [-0.2, -0.15) is 0 Å². The molecule has 2 rings (SSSR count). The zero-order valence-corrected chi connectivity index (χ0v) is 12.5. The van der Waals surface area contributed by atoms with Crippen LogP contribution in [0.2, 0.25) is 0 Å². The first-order valence-corrected chi connectivity index (χ1v) is 8.49. The molecule has 112 valence electrons. The SMILES string of the molecule is CCC1CCC(NS(=O)(=O)c2ncccc2NN)CC1. The van der Waals surface area contributed by atoms with E-state index in [1.165, 1.54) is 12.6 Å². The first-order chi connectivity index (χ1) is 9.56. The molecule has 20 heavy (non-hydrogen) atoms. The van der Waals surface area contributed by atoms with E-state index >= 15 is 0 Å². The number of hydrazine groups is 1. The van der Waals surface area contributed by atoms with Crippen molar-refractivity contribution in [3.05, 3.63) is 18.3 Å². The molecule has 4 N–H and O–H groups in total. The lowest BCUT2D eigenvalue weighted by atomic mass is 9.85. The molecule has 0 atom stereocenters. The van der Waals surface area contributed by atoms with Gasteiger partial charge in [0, 0.05) is 12.2 Å². The average molecular weight is 298 g/mol. The van der Waals surface area contributed by atoms with Crippen LogP contribution in [0.4, 0.5) is 5.69 Å². The number of anilines is 1. The smallest absolute Gasteiger partial charge is 0.260 e. The third-order valence-corrected chi connectivity index (χ3v) is 5.41. The number of aromatic nitrogens is 1. The van der Waals surface area contributed by atoms with Crippen molar-refractivity contribution >= 4 is 15.7 Å². The van der Waals surface area contributed by atoms with Gasteiger partial charge in [-0.3, -0.25) is 5.84 Å². The summed E-state index contributed by atoms with van der Waals surface area (Å²) in [4.78, 5) is 3.92. The van der Waals surface area contributed by atoms with E-state index in [0.717, 1.165) is 31.6 Å². The molecule has 7 heteroatoms. The van der Waals surface area contributed by atoms with E-state index in [9.17, 15) is 8.42 Å². The van der Waals surface area contributed by atoms with Gasteiger partial charge in [-0.15, -0.1) is 0 Å². The van der Waals surface area contributed by atoms with Crippen molar-refractivity contribution in [1.82, 2.24) is 9.71 Å². The Morgan fingerprint density at radius 3 is 2.65 bits per heavy atom. The predicted molar refractivity (Wildman–Crippen MR) is 78.4 cm³/mol. The number of sulfonamides is 1. The molecule has 1 aliphatic carbocycles. The normalized spacial score (nSPS) is 23.5. The van der Waals surface area contributed by atoms with Gasteiger partial charge in [-0.1, -0.05) is 13.3 Å². The van der Waals surface area contributed by atoms with Crippen LogP contribution in [0.25, 0.3) is 0 Å². The summed E-state index contributed by atoms with van der Waals surface area (Å²) in [6, 6.07) is 3.23. The van der Waals surface area contributed by atoms with Crippen molar-refractivity contribution < 1.29 is 8.42 Å². The van der Waals surface area contributed by atoms with Crippen molar-refractivity contribution in [2.45, 2.75) is 50.1 Å². The molecule has 6 nitrogen and oxygen atoms in total. The maximum atomic E-state index is 12.4. The van der Waals surface area contributed by atoms with Gasteiger partial charge < -0.3 is 5.43 Å². The quantitative estimate of drug-likeness (QED) is 0.567. The van der Waals surface area contributed by atoms with E-state index in [1.807, 2.05) is 0 Å². The Kier molecular flexibility index (Phi) is 4.95. The molecular formula is C13H22N4O2S. The van der Waals surface area contributed by atoms with E-state index in [1.54, 1.807) is 12.1 Å². The lowest BCUT2D eigenvalue weighted by Gasteiger charge is -2.28. The summed E-state index contributed by atoms with van der Waals surface area (Å²) in [6.45, 7) is 2.18. The van der Waals surface area contributed by atoms with Gasteiger partial charge in [-0.05, 0) is 43.7 Å². The lowest BCUT2D eigenvalue weighted by molar-refractivity contribution is 0.306. The molecule has 0 amide bonds. The Morgan fingerprint density at radius 2 is 2.05 bits per heavy atom. The zero-order chi connectivity index (χ0) is 14.6. The fraction of sp³-hybridized carbons (Fsp3) is 0.615. The summed E-state index contributed by atoms with van der Waals surface area (Å²) < 4.78 is 27.5. The Labute approximate surface area is 120 Å². The number of hydrogen-bond acceptors (Lipinski definition) is 5. The third kappa shape index (κ3) is 3.47. The Balaban J connectivity index is 2.08. The van der Waals surface area contributed by atoms with E-state index in [4.69, 9.17) is 5.84 Å². The number of nitrogens with one attached hydrogen (secondary N) is 2. The fourth-order valence-electron chi connectivity index (χ4n) is 2.68. The van der Waals surface area contributed by atoms with Gasteiger partial charge >= 0.3 is 0 Å². The van der Waals surface area contributed by atoms with Crippen LogP contribution in [0.15, 0.2) is 23.4 Å². The van der Waals surface area contributed by atoms with Gasteiger partial charge in [0.2, 0.25) is 0 Å². The Hall–Kier alpha value is -1.18. The minimum atomic E-state index is -3.63. The van der Waals surface area contributed by atoms with Crippen molar-refractivity contribution in [3.8, 4) is 0 Å². The first-order valence-electron chi connectivity index (χ1n) is 7.00. The highest BCUT2D eigenvalue weighted by Crippen LogP contribution is 2.27. The molecule has 1 fully saturated rings. The highest BCUT2D eigenvalue weighted by Gasteiger charge is 2.27. The first kappa shape index (κ1) is 15.2. The zero-order valence-electron chi connectivity index (χ0n) is 11.7. The highest BCUT2D eigenvalue weighted by atomic mass is 32.2. The number of nitrogens with zero attached hydrogens (tertiary/aromatic N) is 1. The Morgan fingerprint density at radius 1 is 1.35 bits per heavy atom. The van der Waals surface area contributed by atoms with Crippen molar-refractivity contribution in [1.29, 1.82) is 0 Å². The minimum Gasteiger partial charge on any atom is -0.321 e.